The van der Waals surface area contributed by atoms with E-state index in [4.69, 9.17) is 14.2 Å². The number of Topliss-reactive ketones (excluding diaryl/α,β-unsaturated/α-hetero) is 1. The van der Waals surface area contributed by atoms with Crippen molar-refractivity contribution in [3.05, 3.63) is 65.0 Å². The molecule has 0 radical (unpaired) electrons. The summed E-state index contributed by atoms with van der Waals surface area (Å²) in [5.74, 6) is 0.603. The molecule has 160 valence electrons. The zero-order valence-electron chi connectivity index (χ0n) is 18.1. The molecule has 6 heteroatoms. The first-order valence-electron chi connectivity index (χ1n) is 10.4. The number of aryl methyl sites for hydroxylation is 1. The molecular weight excluding hydrogens is 394 g/mol. The van der Waals surface area contributed by atoms with Crippen molar-refractivity contribution in [3.63, 3.8) is 0 Å². The van der Waals surface area contributed by atoms with E-state index in [0.29, 0.717) is 22.6 Å². The van der Waals surface area contributed by atoms with Crippen LogP contribution in [0.4, 0.5) is 0 Å². The number of aromatic nitrogens is 1. The molecule has 2 heterocycles. The Balaban J connectivity index is 1.61. The van der Waals surface area contributed by atoms with E-state index < -0.39 is 5.97 Å². The maximum Gasteiger partial charge on any atom is 0.344 e. The van der Waals surface area contributed by atoms with Gasteiger partial charge in [0.05, 0.1) is 11.7 Å². The van der Waals surface area contributed by atoms with Crippen LogP contribution in [0.25, 0.3) is 17.0 Å². The molecule has 0 amide bonds. The molecule has 1 aliphatic heterocycles. The number of benzene rings is 2. The zero-order chi connectivity index (χ0) is 22.1. The Morgan fingerprint density at radius 1 is 1.19 bits per heavy atom. The van der Waals surface area contributed by atoms with Gasteiger partial charge in [-0.15, -0.1) is 0 Å². The molecule has 0 unspecified atom stereocenters. The minimum absolute atomic E-state index is 0.169. The van der Waals surface area contributed by atoms with Gasteiger partial charge in [0.2, 0.25) is 5.78 Å². The van der Waals surface area contributed by atoms with Gasteiger partial charge in [-0.1, -0.05) is 18.2 Å². The van der Waals surface area contributed by atoms with Crippen LogP contribution < -0.4 is 9.47 Å². The Kier molecular flexibility index (Phi) is 5.55. The second-order valence-electron chi connectivity index (χ2n) is 7.72. The highest BCUT2D eigenvalue weighted by molar-refractivity contribution is 6.15. The van der Waals surface area contributed by atoms with Crippen LogP contribution in [0.5, 0.6) is 11.5 Å². The number of ketones is 1. The Morgan fingerprint density at radius 2 is 1.97 bits per heavy atom. The van der Waals surface area contributed by atoms with Gasteiger partial charge in [0.15, 0.2) is 12.4 Å². The number of ether oxygens (including phenoxy) is 3. The third-order valence-electron chi connectivity index (χ3n) is 5.20. The summed E-state index contributed by atoms with van der Waals surface area (Å²) in [6.45, 7) is 8.08. The van der Waals surface area contributed by atoms with Crippen LogP contribution >= 0.6 is 0 Å². The molecular formula is C25H25NO5. The monoisotopic (exact) mass is 419 g/mol. The third-order valence-corrected chi connectivity index (χ3v) is 5.20. The first kappa shape index (κ1) is 20.7. The van der Waals surface area contributed by atoms with Crippen LogP contribution in [0, 0.1) is 6.92 Å². The van der Waals surface area contributed by atoms with Crippen molar-refractivity contribution in [2.45, 2.75) is 40.3 Å². The summed E-state index contributed by atoms with van der Waals surface area (Å²) in [6, 6.07) is 11.4. The smallest absolute Gasteiger partial charge is 0.344 e. The molecule has 6 nitrogen and oxygen atoms in total. The van der Waals surface area contributed by atoms with Gasteiger partial charge >= 0.3 is 5.97 Å². The van der Waals surface area contributed by atoms with E-state index in [-0.39, 0.29) is 24.3 Å². The van der Waals surface area contributed by atoms with Crippen molar-refractivity contribution in [2.24, 2.45) is 0 Å². The molecule has 0 bridgehead atoms. The summed E-state index contributed by atoms with van der Waals surface area (Å²) in [5, 5.41) is 1.06. The van der Waals surface area contributed by atoms with Crippen LogP contribution in [0.15, 0.2) is 48.4 Å². The Morgan fingerprint density at radius 3 is 2.71 bits per heavy atom. The average Bonchev–Trinajstić information content (AvgIpc) is 3.26. The highest BCUT2D eigenvalue weighted by Gasteiger charge is 2.30. The number of carbonyl (C=O) groups is 2. The number of fused-ring (bicyclic) bond motifs is 2. The number of rotatable bonds is 6. The number of nitrogens with zero attached hydrogens (tertiary/aromatic N) is 1. The van der Waals surface area contributed by atoms with Gasteiger partial charge in [0.25, 0.3) is 0 Å². The van der Waals surface area contributed by atoms with Crippen molar-refractivity contribution in [3.8, 4) is 11.5 Å². The number of hydrogen-bond donors (Lipinski definition) is 0. The molecule has 0 saturated heterocycles. The number of para-hydroxylation sites is 1. The largest absolute Gasteiger partial charge is 0.481 e. The standard InChI is InChI=1S/C25H25NO5/c1-5-26-13-17(18-8-6-7-9-20(18)26)12-22-24(28)19-10-11-21(16(4)25(19)31-22)29-14-23(27)30-15(2)3/h6-13,15H,5,14H2,1-4H3/b22-12-. The summed E-state index contributed by atoms with van der Waals surface area (Å²) in [5.41, 5.74) is 3.20. The van der Waals surface area contributed by atoms with Crippen molar-refractivity contribution < 1.29 is 23.8 Å². The van der Waals surface area contributed by atoms with Crippen LogP contribution in [0.3, 0.4) is 0 Å². The van der Waals surface area contributed by atoms with E-state index in [1.807, 2.05) is 24.4 Å². The third kappa shape index (κ3) is 3.93. The van der Waals surface area contributed by atoms with Crippen molar-refractivity contribution in [2.75, 3.05) is 6.61 Å². The lowest BCUT2D eigenvalue weighted by Gasteiger charge is -2.12. The molecule has 31 heavy (non-hydrogen) atoms. The molecule has 4 rings (SSSR count). The second kappa shape index (κ2) is 8.30. The lowest BCUT2D eigenvalue weighted by atomic mass is 10.1. The van der Waals surface area contributed by atoms with Crippen LogP contribution in [0.2, 0.25) is 0 Å². The summed E-state index contributed by atoms with van der Waals surface area (Å²) >= 11 is 0. The van der Waals surface area contributed by atoms with E-state index in [0.717, 1.165) is 23.0 Å². The Hall–Kier alpha value is -3.54. The molecule has 1 aromatic heterocycles. The van der Waals surface area contributed by atoms with E-state index in [9.17, 15) is 9.59 Å². The molecule has 0 N–H and O–H groups in total. The number of carbonyl (C=O) groups excluding carboxylic acids is 2. The fourth-order valence-electron chi connectivity index (χ4n) is 3.75. The van der Waals surface area contributed by atoms with Crippen LogP contribution in [-0.2, 0) is 16.1 Å². The van der Waals surface area contributed by atoms with Gasteiger partial charge in [-0.05, 0) is 52.0 Å². The highest BCUT2D eigenvalue weighted by atomic mass is 16.6. The summed E-state index contributed by atoms with van der Waals surface area (Å²) < 4.78 is 18.8. The number of esters is 1. The first-order valence-corrected chi connectivity index (χ1v) is 10.4. The molecule has 2 aromatic carbocycles. The van der Waals surface area contributed by atoms with E-state index in [1.54, 1.807) is 39.0 Å². The molecule has 1 aliphatic rings. The lowest BCUT2D eigenvalue weighted by Crippen LogP contribution is -2.19. The molecule has 0 spiro atoms. The summed E-state index contributed by atoms with van der Waals surface area (Å²) in [4.78, 5) is 24.7. The minimum Gasteiger partial charge on any atom is -0.481 e. The molecule has 3 aromatic rings. The van der Waals surface area contributed by atoms with Gasteiger partial charge in [-0.2, -0.15) is 0 Å². The highest BCUT2D eigenvalue weighted by Crippen LogP contribution is 2.39. The zero-order valence-corrected chi connectivity index (χ0v) is 18.1. The van der Waals surface area contributed by atoms with E-state index in [1.165, 1.54) is 0 Å². The Labute approximate surface area is 181 Å². The van der Waals surface area contributed by atoms with Crippen molar-refractivity contribution in [1.82, 2.24) is 4.57 Å². The number of hydrogen-bond acceptors (Lipinski definition) is 5. The fourth-order valence-corrected chi connectivity index (χ4v) is 3.75. The second-order valence-corrected chi connectivity index (χ2v) is 7.72. The van der Waals surface area contributed by atoms with Gasteiger partial charge in [-0.25, -0.2) is 4.79 Å². The predicted octanol–water partition coefficient (Wildman–Crippen LogP) is 4.92. The van der Waals surface area contributed by atoms with Gasteiger partial charge < -0.3 is 18.8 Å². The Bertz CT molecular complexity index is 1200. The van der Waals surface area contributed by atoms with Crippen molar-refractivity contribution in [1.29, 1.82) is 0 Å². The molecule has 0 aliphatic carbocycles. The van der Waals surface area contributed by atoms with Crippen molar-refractivity contribution >= 4 is 28.7 Å². The molecule has 0 atom stereocenters. The predicted molar refractivity (Wildman–Crippen MR) is 118 cm³/mol. The summed E-state index contributed by atoms with van der Waals surface area (Å²) in [6.07, 6.45) is 3.61. The maximum atomic E-state index is 12.9. The summed E-state index contributed by atoms with van der Waals surface area (Å²) in [7, 11) is 0. The van der Waals surface area contributed by atoms with Gasteiger partial charge in [0.1, 0.15) is 11.5 Å². The first-order chi connectivity index (χ1) is 14.9. The SMILES string of the molecule is CCn1cc(/C=C2\Oc3c(ccc(OCC(=O)OC(C)C)c3C)C2=O)c2ccccc21. The number of allylic oxidation sites excluding steroid dienone is 1. The van der Waals surface area contributed by atoms with E-state index in [2.05, 4.69) is 17.6 Å². The maximum absolute atomic E-state index is 12.9. The average molecular weight is 419 g/mol. The molecule has 0 saturated carbocycles. The van der Waals surface area contributed by atoms with Crippen LogP contribution in [0.1, 0.15) is 42.3 Å². The quantitative estimate of drug-likeness (QED) is 0.419. The lowest BCUT2D eigenvalue weighted by molar-refractivity contribution is -0.149. The van der Waals surface area contributed by atoms with Gasteiger partial charge in [0, 0.05) is 34.8 Å². The van der Waals surface area contributed by atoms with Gasteiger partial charge in [-0.3, -0.25) is 4.79 Å². The minimum atomic E-state index is -0.445. The molecule has 0 fully saturated rings. The topological polar surface area (TPSA) is 66.8 Å². The fraction of sp³-hybridized carbons (Fsp3) is 0.280. The van der Waals surface area contributed by atoms with E-state index >= 15 is 0 Å². The van der Waals surface area contributed by atoms with Crippen LogP contribution in [-0.4, -0.2) is 29.0 Å². The normalized spacial score (nSPS) is 14.2.